The first-order chi connectivity index (χ1) is 11.5. The number of nitro groups is 1. The number of hydrogen-bond acceptors (Lipinski definition) is 5. The van der Waals surface area contributed by atoms with Crippen LogP contribution < -0.4 is 10.2 Å². The van der Waals surface area contributed by atoms with E-state index in [1.165, 1.54) is 12.1 Å². The highest BCUT2D eigenvalue weighted by atomic mass is 16.6. The number of carbonyl (C=O) groups excluding carboxylic acids is 1. The number of nitro benzene ring substituents is 1. The molecular formula is C17H17N3O4. The van der Waals surface area contributed by atoms with Crippen molar-refractivity contribution in [2.24, 2.45) is 5.10 Å². The van der Waals surface area contributed by atoms with Crippen molar-refractivity contribution in [3.63, 3.8) is 0 Å². The number of rotatable bonds is 6. The first kappa shape index (κ1) is 17.1. The summed E-state index contributed by atoms with van der Waals surface area (Å²) in [6.45, 7) is 3.32. The zero-order valence-corrected chi connectivity index (χ0v) is 13.3. The second-order valence-corrected chi connectivity index (χ2v) is 5.05. The van der Waals surface area contributed by atoms with Crippen molar-refractivity contribution < 1.29 is 14.5 Å². The number of non-ortho nitro benzene ring substituents is 1. The van der Waals surface area contributed by atoms with E-state index in [1.807, 2.05) is 18.2 Å². The predicted molar refractivity (Wildman–Crippen MR) is 90.0 cm³/mol. The minimum absolute atomic E-state index is 0.000434. The highest BCUT2D eigenvalue weighted by molar-refractivity contribution is 5.99. The Morgan fingerprint density at radius 2 is 1.79 bits per heavy atom. The predicted octanol–water partition coefficient (Wildman–Crippen LogP) is 2.90. The average Bonchev–Trinajstić information content (AvgIpc) is 2.60. The van der Waals surface area contributed by atoms with Crippen LogP contribution in [0, 0.1) is 10.1 Å². The molecule has 124 valence electrons. The Bertz CT molecular complexity index is 742. The number of nitrogens with zero attached hydrogens (tertiary/aromatic N) is 2. The van der Waals surface area contributed by atoms with Crippen LogP contribution in [-0.4, -0.2) is 22.6 Å². The lowest BCUT2D eigenvalue weighted by Gasteiger charge is -2.13. The molecule has 1 amide bonds. The Labute approximate surface area is 139 Å². The first-order valence-electron chi connectivity index (χ1n) is 7.28. The summed E-state index contributed by atoms with van der Waals surface area (Å²) < 4.78 is 5.50. The van der Waals surface area contributed by atoms with Crippen LogP contribution in [0.25, 0.3) is 0 Å². The number of carbonyl (C=O) groups is 1. The monoisotopic (exact) mass is 327 g/mol. The third-order valence-electron chi connectivity index (χ3n) is 3.25. The molecule has 0 aliphatic heterocycles. The Kier molecular flexibility index (Phi) is 5.62. The standard InChI is InChI=1S/C17H17N3O4/c1-12(14-8-10-15(11-9-14)20(22)23)18-19-17(21)13(2)24-16-6-4-3-5-7-16/h3-11,13H,1-2H3,(H,19,21)/b18-12-/t13-/m1/s1. The van der Waals surface area contributed by atoms with E-state index in [-0.39, 0.29) is 11.6 Å². The molecule has 7 nitrogen and oxygen atoms in total. The molecule has 0 unspecified atom stereocenters. The van der Waals surface area contributed by atoms with Gasteiger partial charge in [0.1, 0.15) is 5.75 Å². The van der Waals surface area contributed by atoms with Gasteiger partial charge in [0.25, 0.3) is 11.6 Å². The van der Waals surface area contributed by atoms with E-state index >= 15 is 0 Å². The third kappa shape index (κ3) is 4.64. The maximum atomic E-state index is 12.0. The zero-order chi connectivity index (χ0) is 17.5. The number of hydrazone groups is 1. The second kappa shape index (κ2) is 7.87. The van der Waals surface area contributed by atoms with Crippen LogP contribution in [0.5, 0.6) is 5.75 Å². The van der Waals surface area contributed by atoms with Crippen molar-refractivity contribution in [3.05, 3.63) is 70.3 Å². The molecular weight excluding hydrogens is 310 g/mol. The van der Waals surface area contributed by atoms with Crippen LogP contribution >= 0.6 is 0 Å². The van der Waals surface area contributed by atoms with E-state index in [1.54, 1.807) is 38.1 Å². The van der Waals surface area contributed by atoms with Gasteiger partial charge < -0.3 is 4.74 Å². The number of amides is 1. The van der Waals surface area contributed by atoms with Crippen molar-refractivity contribution in [1.29, 1.82) is 0 Å². The van der Waals surface area contributed by atoms with Crippen LogP contribution in [0.3, 0.4) is 0 Å². The Morgan fingerprint density at radius 3 is 2.38 bits per heavy atom. The van der Waals surface area contributed by atoms with Gasteiger partial charge in [-0.2, -0.15) is 5.10 Å². The van der Waals surface area contributed by atoms with Crippen LogP contribution in [-0.2, 0) is 4.79 Å². The number of para-hydroxylation sites is 1. The number of benzene rings is 2. The fraction of sp³-hybridized carbons (Fsp3) is 0.176. The molecule has 0 saturated heterocycles. The lowest BCUT2D eigenvalue weighted by atomic mass is 10.1. The van der Waals surface area contributed by atoms with Crippen LogP contribution in [0.2, 0.25) is 0 Å². The molecule has 0 aliphatic rings. The summed E-state index contributed by atoms with van der Waals surface area (Å²) >= 11 is 0. The molecule has 2 rings (SSSR count). The van der Waals surface area contributed by atoms with E-state index in [9.17, 15) is 14.9 Å². The molecule has 2 aromatic carbocycles. The van der Waals surface area contributed by atoms with Crippen LogP contribution in [0.15, 0.2) is 59.7 Å². The molecule has 0 spiro atoms. The fourth-order valence-electron chi connectivity index (χ4n) is 1.88. The van der Waals surface area contributed by atoms with Gasteiger partial charge in [0, 0.05) is 12.1 Å². The number of ether oxygens (including phenoxy) is 1. The molecule has 0 saturated carbocycles. The summed E-state index contributed by atoms with van der Waals surface area (Å²) in [5.74, 6) is 0.205. The third-order valence-corrected chi connectivity index (χ3v) is 3.25. The largest absolute Gasteiger partial charge is 0.481 e. The van der Waals surface area contributed by atoms with E-state index < -0.39 is 11.0 Å². The van der Waals surface area contributed by atoms with Crippen molar-refractivity contribution in [3.8, 4) is 5.75 Å². The molecule has 7 heteroatoms. The van der Waals surface area contributed by atoms with Gasteiger partial charge in [0.05, 0.1) is 10.6 Å². The molecule has 0 heterocycles. The second-order valence-electron chi connectivity index (χ2n) is 5.05. The minimum atomic E-state index is -0.708. The lowest BCUT2D eigenvalue weighted by Crippen LogP contribution is -2.33. The Morgan fingerprint density at radius 1 is 1.17 bits per heavy atom. The van der Waals surface area contributed by atoms with Gasteiger partial charge in [0.15, 0.2) is 6.10 Å². The normalized spacial score (nSPS) is 12.3. The van der Waals surface area contributed by atoms with Crippen LogP contribution in [0.1, 0.15) is 19.4 Å². The van der Waals surface area contributed by atoms with Gasteiger partial charge in [-0.05, 0) is 43.7 Å². The van der Waals surface area contributed by atoms with Gasteiger partial charge in [-0.25, -0.2) is 5.43 Å². The van der Waals surface area contributed by atoms with Gasteiger partial charge in [-0.15, -0.1) is 0 Å². The van der Waals surface area contributed by atoms with Crippen molar-refractivity contribution >= 4 is 17.3 Å². The first-order valence-corrected chi connectivity index (χ1v) is 7.28. The molecule has 0 radical (unpaired) electrons. The maximum absolute atomic E-state index is 12.0. The molecule has 0 aromatic heterocycles. The fourth-order valence-corrected chi connectivity index (χ4v) is 1.88. The quantitative estimate of drug-likeness (QED) is 0.501. The smallest absolute Gasteiger partial charge is 0.280 e. The van der Waals surface area contributed by atoms with Crippen LogP contribution in [0.4, 0.5) is 5.69 Å². The molecule has 24 heavy (non-hydrogen) atoms. The highest BCUT2D eigenvalue weighted by Gasteiger charge is 2.14. The highest BCUT2D eigenvalue weighted by Crippen LogP contribution is 2.13. The average molecular weight is 327 g/mol. The Balaban J connectivity index is 1.95. The molecule has 1 N–H and O–H groups in total. The molecule has 0 bridgehead atoms. The van der Waals surface area contributed by atoms with Gasteiger partial charge in [-0.3, -0.25) is 14.9 Å². The maximum Gasteiger partial charge on any atom is 0.280 e. The van der Waals surface area contributed by atoms with E-state index in [2.05, 4.69) is 10.5 Å². The lowest BCUT2D eigenvalue weighted by molar-refractivity contribution is -0.384. The van der Waals surface area contributed by atoms with E-state index in [0.717, 1.165) is 0 Å². The Hall–Kier alpha value is -3.22. The number of nitrogens with one attached hydrogen (secondary N) is 1. The molecule has 2 aromatic rings. The zero-order valence-electron chi connectivity index (χ0n) is 13.3. The number of hydrogen-bond donors (Lipinski definition) is 1. The van der Waals surface area contributed by atoms with Crippen molar-refractivity contribution in [2.45, 2.75) is 20.0 Å². The molecule has 0 fully saturated rings. The topological polar surface area (TPSA) is 93.8 Å². The van der Waals surface area contributed by atoms with E-state index in [4.69, 9.17) is 4.74 Å². The van der Waals surface area contributed by atoms with E-state index in [0.29, 0.717) is 17.0 Å². The van der Waals surface area contributed by atoms with Gasteiger partial charge >= 0.3 is 0 Å². The summed E-state index contributed by atoms with van der Waals surface area (Å²) in [7, 11) is 0. The summed E-state index contributed by atoms with van der Waals surface area (Å²) in [5.41, 5.74) is 3.64. The van der Waals surface area contributed by atoms with Crippen molar-refractivity contribution in [2.75, 3.05) is 0 Å². The SMILES string of the molecule is C/C(=N/NC(=O)[C@@H](C)Oc1ccccc1)c1ccc([N+](=O)[O-])cc1. The minimum Gasteiger partial charge on any atom is -0.481 e. The summed E-state index contributed by atoms with van der Waals surface area (Å²) in [4.78, 5) is 22.1. The van der Waals surface area contributed by atoms with Gasteiger partial charge in [-0.1, -0.05) is 18.2 Å². The summed E-state index contributed by atoms with van der Waals surface area (Å²) in [5, 5.41) is 14.6. The van der Waals surface area contributed by atoms with Crippen molar-refractivity contribution in [1.82, 2.24) is 5.43 Å². The molecule has 1 atom stereocenters. The summed E-state index contributed by atoms with van der Waals surface area (Å²) in [6, 6.07) is 14.9. The van der Waals surface area contributed by atoms with Gasteiger partial charge in [0.2, 0.25) is 0 Å². The molecule has 0 aliphatic carbocycles. The summed E-state index contributed by atoms with van der Waals surface area (Å²) in [6.07, 6.45) is -0.708.